The summed E-state index contributed by atoms with van der Waals surface area (Å²) in [6, 6.07) is 16.5. The third kappa shape index (κ3) is 16.9. The molecule has 8 atom stereocenters. The first-order chi connectivity index (χ1) is 28.6. The minimum absolute atomic E-state index is 0.0223. The van der Waals surface area contributed by atoms with Crippen molar-refractivity contribution in [3.63, 3.8) is 0 Å². The van der Waals surface area contributed by atoms with Gasteiger partial charge in [0.2, 0.25) is 0 Å². The zero-order valence-corrected chi connectivity index (χ0v) is 34.4. The van der Waals surface area contributed by atoms with Crippen molar-refractivity contribution in [3.8, 4) is 11.5 Å². The van der Waals surface area contributed by atoms with Crippen LogP contribution in [0.1, 0.15) is 78.1 Å². The third-order valence-electron chi connectivity index (χ3n) is 10.6. The number of hydrogen-bond donors (Lipinski definition) is 3. The van der Waals surface area contributed by atoms with E-state index in [2.05, 4.69) is 0 Å². The average molecular weight is 845 g/mol. The predicted octanol–water partition coefficient (Wildman–Crippen LogP) is 8.98. The van der Waals surface area contributed by atoms with Crippen molar-refractivity contribution >= 4 is 11.9 Å². The monoisotopic (exact) mass is 844 g/mol. The zero-order chi connectivity index (χ0) is 43.5. The van der Waals surface area contributed by atoms with Crippen LogP contribution < -0.4 is 9.47 Å². The van der Waals surface area contributed by atoms with E-state index in [9.17, 15) is 33.7 Å². The lowest BCUT2D eigenvalue weighted by molar-refractivity contribution is -0.150. The number of hydrogen-bond acceptors (Lipinski definition) is 9. The fraction of sp³-hybridized carbons (Fsp3) is 0.532. The molecule has 2 aliphatic carbocycles. The molecule has 0 saturated heterocycles. The van der Waals surface area contributed by atoms with E-state index in [1.807, 2.05) is 18.2 Å². The highest BCUT2D eigenvalue weighted by atomic mass is 19.3. The molecule has 3 N–H and O–H groups in total. The summed E-state index contributed by atoms with van der Waals surface area (Å²) < 4.78 is 80.6. The number of unbranched alkanes of at least 4 members (excludes halogenated alkanes) is 2. The molecule has 4 rings (SSSR count). The van der Waals surface area contributed by atoms with Gasteiger partial charge >= 0.3 is 11.9 Å². The van der Waals surface area contributed by atoms with Gasteiger partial charge in [0.15, 0.2) is 13.2 Å². The molecule has 0 radical (unpaired) electrons. The molecule has 2 fully saturated rings. The Kier molecular flexibility index (Phi) is 19.4. The van der Waals surface area contributed by atoms with Gasteiger partial charge in [-0.1, -0.05) is 72.9 Å². The molecule has 2 aromatic carbocycles. The molecule has 2 aromatic rings. The number of allylic oxidation sites excluding steroid dienone is 4. The van der Waals surface area contributed by atoms with Gasteiger partial charge in [-0.2, -0.15) is 17.6 Å². The van der Waals surface area contributed by atoms with Crippen molar-refractivity contribution in [2.45, 2.75) is 120 Å². The van der Waals surface area contributed by atoms with Crippen LogP contribution in [-0.2, 0) is 19.1 Å². The van der Waals surface area contributed by atoms with Crippen LogP contribution in [0, 0.1) is 23.7 Å². The Labute approximate surface area is 350 Å². The second-order valence-electron chi connectivity index (χ2n) is 15.9. The summed E-state index contributed by atoms with van der Waals surface area (Å²) in [7, 11) is 0. The smallest absolute Gasteiger partial charge is 0.306 e. The highest BCUT2D eigenvalue weighted by Gasteiger charge is 2.44. The molecule has 0 spiro atoms. The van der Waals surface area contributed by atoms with Gasteiger partial charge in [-0.15, -0.1) is 0 Å². The molecule has 60 heavy (non-hydrogen) atoms. The van der Waals surface area contributed by atoms with Crippen molar-refractivity contribution in [3.05, 3.63) is 109 Å². The fourth-order valence-electron chi connectivity index (χ4n) is 7.53. The van der Waals surface area contributed by atoms with Crippen molar-refractivity contribution in [1.29, 1.82) is 0 Å². The van der Waals surface area contributed by atoms with Crippen LogP contribution in [-0.4, -0.2) is 82.8 Å². The average Bonchev–Trinajstić information content (AvgIpc) is 3.65. The molecule has 2 saturated carbocycles. The number of ether oxygens (including phenoxy) is 4. The number of rotatable bonds is 24. The van der Waals surface area contributed by atoms with Gasteiger partial charge < -0.3 is 34.3 Å². The molecule has 9 nitrogen and oxygen atoms in total. The molecular formula is C47H60F4O9. The summed E-state index contributed by atoms with van der Waals surface area (Å²) in [5, 5.41) is 32.1. The van der Waals surface area contributed by atoms with E-state index in [4.69, 9.17) is 18.9 Å². The Balaban J connectivity index is 1.28. The lowest BCUT2D eigenvalue weighted by Crippen LogP contribution is -2.27. The number of carbonyl (C=O) groups is 2. The maximum absolute atomic E-state index is 15.0. The Morgan fingerprint density at radius 1 is 0.667 bits per heavy atom. The topological polar surface area (TPSA) is 132 Å². The molecule has 0 heterocycles. The number of aliphatic hydroxyl groups is 3. The lowest BCUT2D eigenvalue weighted by Gasteiger charge is -2.23. The zero-order valence-electron chi connectivity index (χ0n) is 34.4. The van der Waals surface area contributed by atoms with E-state index < -0.39 is 79.1 Å². The molecule has 330 valence electrons. The summed E-state index contributed by atoms with van der Waals surface area (Å²) in [6.07, 6.45) is 10.6. The summed E-state index contributed by atoms with van der Waals surface area (Å²) in [5.74, 6) is -9.26. The van der Waals surface area contributed by atoms with Gasteiger partial charge in [0.05, 0.1) is 24.4 Å². The third-order valence-corrected chi connectivity index (χ3v) is 10.6. The van der Waals surface area contributed by atoms with Crippen LogP contribution >= 0.6 is 0 Å². The van der Waals surface area contributed by atoms with Crippen LogP contribution in [0.3, 0.4) is 0 Å². The molecule has 2 aliphatic rings. The van der Waals surface area contributed by atoms with Crippen LogP contribution in [0.25, 0.3) is 0 Å². The summed E-state index contributed by atoms with van der Waals surface area (Å²) in [4.78, 5) is 24.8. The van der Waals surface area contributed by atoms with Crippen LogP contribution in [0.5, 0.6) is 11.5 Å². The first-order valence-corrected chi connectivity index (χ1v) is 20.9. The van der Waals surface area contributed by atoms with Gasteiger partial charge in [-0.25, -0.2) is 0 Å². The normalized spacial score (nSPS) is 25.0. The maximum Gasteiger partial charge on any atom is 0.306 e. The Morgan fingerprint density at radius 3 is 1.65 bits per heavy atom. The number of aliphatic hydroxyl groups excluding tert-OH is 3. The second kappa shape index (κ2) is 24.1. The molecule has 0 unspecified atom stereocenters. The summed E-state index contributed by atoms with van der Waals surface area (Å²) in [6.45, 7) is 1.79. The molecule has 0 aliphatic heterocycles. The van der Waals surface area contributed by atoms with Gasteiger partial charge in [-0.05, 0) is 101 Å². The molecular weight excluding hydrogens is 785 g/mol. The highest BCUT2D eigenvalue weighted by Crippen LogP contribution is 2.40. The number of esters is 2. The van der Waals surface area contributed by atoms with Crippen LogP contribution in [0.15, 0.2) is 109 Å². The number of benzene rings is 2. The van der Waals surface area contributed by atoms with Crippen molar-refractivity contribution < 1.29 is 61.4 Å². The standard InChI is InChI=1S/C47H60F4O9/c1-33(2)59-44(55)23-15-5-4-14-22-37-39(26-28-47(50,51)32-58-35-19-11-8-12-20-35)43(30-42(37)54)60-45(56)24-16-6-3-13-21-36-38(41(53)29-40(36)52)25-27-46(48,49)31-57-34-17-9-7-10-18-34/h3-4,7-14,17-20,25-28,33,36-43,52-54H,5-6,15-16,21-24,29-32H2,1-2H3/b13-3-,14-4-,27-25+,28-26+/t36-,37-,38-,39-,40+,41-,42+,43-/m1/s1. The second-order valence-corrected chi connectivity index (χ2v) is 15.9. The quantitative estimate of drug-likeness (QED) is 0.0410. The Hall–Kier alpha value is -4.46. The SMILES string of the molecule is CC(C)OC(=O)CCC/C=C\C[C@@H]1[C@@H](/C=C/C(F)(F)COc2ccccc2)[C@H](OC(=O)CCC/C=C\C[C@@H]2[C@@H](/C=C/C(F)(F)COc3ccccc3)[C@H](O)C[C@@H]2O)C[C@@H]1O. The predicted molar refractivity (Wildman–Crippen MR) is 220 cm³/mol. The van der Waals surface area contributed by atoms with Crippen LogP contribution in [0.4, 0.5) is 17.6 Å². The Morgan fingerprint density at radius 2 is 1.13 bits per heavy atom. The molecule has 0 bridgehead atoms. The van der Waals surface area contributed by atoms with Crippen molar-refractivity contribution in [2.75, 3.05) is 13.2 Å². The maximum atomic E-state index is 15.0. The Bertz CT molecular complexity index is 1700. The van der Waals surface area contributed by atoms with E-state index in [1.165, 1.54) is 12.2 Å². The van der Waals surface area contributed by atoms with Gasteiger partial charge in [0.1, 0.15) is 17.6 Å². The largest absolute Gasteiger partial charge is 0.487 e. The van der Waals surface area contributed by atoms with Crippen molar-refractivity contribution in [2.24, 2.45) is 23.7 Å². The molecule has 13 heteroatoms. The van der Waals surface area contributed by atoms with Gasteiger partial charge in [0, 0.05) is 37.5 Å². The van der Waals surface area contributed by atoms with Crippen molar-refractivity contribution in [1.82, 2.24) is 0 Å². The van der Waals surface area contributed by atoms with Gasteiger partial charge in [0.25, 0.3) is 11.8 Å². The minimum Gasteiger partial charge on any atom is -0.487 e. The number of para-hydroxylation sites is 2. The highest BCUT2D eigenvalue weighted by molar-refractivity contribution is 5.70. The van der Waals surface area contributed by atoms with E-state index in [-0.39, 0.29) is 37.8 Å². The number of alkyl halides is 4. The van der Waals surface area contributed by atoms with E-state index in [0.717, 1.165) is 12.2 Å². The number of carbonyl (C=O) groups excluding carboxylic acids is 2. The molecule has 0 amide bonds. The van der Waals surface area contributed by atoms with E-state index in [1.54, 1.807) is 80.6 Å². The summed E-state index contributed by atoms with van der Waals surface area (Å²) in [5.41, 5.74) is 0. The lowest BCUT2D eigenvalue weighted by atomic mass is 9.89. The minimum atomic E-state index is -3.35. The van der Waals surface area contributed by atoms with Crippen LogP contribution in [0.2, 0.25) is 0 Å². The fourth-order valence-corrected chi connectivity index (χ4v) is 7.53. The first kappa shape index (κ1) is 48.2. The van der Waals surface area contributed by atoms with Gasteiger partial charge in [-0.3, -0.25) is 9.59 Å². The van der Waals surface area contributed by atoms with E-state index >= 15 is 8.78 Å². The number of halogens is 4. The van der Waals surface area contributed by atoms with E-state index in [0.29, 0.717) is 50.0 Å². The summed E-state index contributed by atoms with van der Waals surface area (Å²) >= 11 is 0. The first-order valence-electron chi connectivity index (χ1n) is 20.9. The molecule has 0 aromatic heterocycles.